The number of carbonyl (C=O) groups excluding carboxylic acids is 1. The van der Waals surface area contributed by atoms with Gasteiger partial charge in [-0.15, -0.1) is 0 Å². The van der Waals surface area contributed by atoms with E-state index in [1.807, 2.05) is 36.6 Å². The van der Waals surface area contributed by atoms with Crippen LogP contribution in [0.3, 0.4) is 0 Å². The van der Waals surface area contributed by atoms with Crippen LogP contribution in [0.5, 0.6) is 0 Å². The second-order valence-electron chi connectivity index (χ2n) is 11.0. The zero-order valence-electron chi connectivity index (χ0n) is 22.2. The molecule has 5 rings (SSSR count). The summed E-state index contributed by atoms with van der Waals surface area (Å²) in [4.78, 5) is 29.0. The number of nitrogens with zero attached hydrogens (tertiary/aromatic N) is 3. The summed E-state index contributed by atoms with van der Waals surface area (Å²) in [5.74, 6) is -0.537. The molecule has 0 bridgehead atoms. The Hall–Kier alpha value is -3.42. The number of fused-ring (bicyclic) bond motifs is 1. The molecule has 3 atom stereocenters. The number of hydrogen-bond donors (Lipinski definition) is 2. The summed E-state index contributed by atoms with van der Waals surface area (Å²) in [7, 11) is -3.34. The Morgan fingerprint density at radius 2 is 1.97 bits per heavy atom. The number of nitrogens with one attached hydrogen (secondary N) is 2. The Labute approximate surface area is 229 Å². The van der Waals surface area contributed by atoms with Crippen molar-refractivity contribution in [2.45, 2.75) is 62.4 Å². The third kappa shape index (κ3) is 5.52. The number of dihydropyridines is 1. The highest BCUT2D eigenvalue weighted by Crippen LogP contribution is 2.36. The number of hydrogen-bond acceptors (Lipinski definition) is 7. The van der Waals surface area contributed by atoms with Gasteiger partial charge in [0.15, 0.2) is 9.84 Å². The van der Waals surface area contributed by atoms with Crippen LogP contribution in [-0.2, 0) is 16.4 Å². The number of carbonyl (C=O) groups is 1. The predicted octanol–water partition coefficient (Wildman–Crippen LogP) is 2.53. The Kier molecular flexibility index (Phi) is 7.65. The molecular formula is C29H35N5O4S. The fraction of sp³-hybridized carbons (Fsp3) is 0.483. The Morgan fingerprint density at radius 1 is 1.21 bits per heavy atom. The van der Waals surface area contributed by atoms with E-state index < -0.39 is 38.0 Å². The van der Waals surface area contributed by atoms with Gasteiger partial charge in [0.2, 0.25) is 0 Å². The number of piperidine rings is 1. The minimum atomic E-state index is -3.34. The van der Waals surface area contributed by atoms with Crippen LogP contribution in [0.2, 0.25) is 0 Å². The summed E-state index contributed by atoms with van der Waals surface area (Å²) in [5.41, 5.74) is 0.660. The SMILES string of the molecule is CS(=O)(=O)[C@H]1CCCC[C@@H]1NC(=O)c1cc(CN2CCC(C#N)(C3C=CC=CN3)CC2)c2ccccn2c1=O. The lowest BCUT2D eigenvalue weighted by molar-refractivity contribution is 0.0926. The lowest BCUT2D eigenvalue weighted by Crippen LogP contribution is -2.49. The van der Waals surface area contributed by atoms with E-state index in [1.54, 1.807) is 18.3 Å². The highest BCUT2D eigenvalue weighted by molar-refractivity contribution is 7.91. The van der Waals surface area contributed by atoms with Crippen molar-refractivity contribution in [3.8, 4) is 6.07 Å². The topological polar surface area (TPSA) is 124 Å². The van der Waals surface area contributed by atoms with Crippen LogP contribution < -0.4 is 16.2 Å². The molecule has 0 spiro atoms. The third-order valence-corrected chi connectivity index (χ3v) is 10.2. The molecule has 4 heterocycles. The predicted molar refractivity (Wildman–Crippen MR) is 150 cm³/mol. The minimum absolute atomic E-state index is 0.0123. The van der Waals surface area contributed by atoms with E-state index in [-0.39, 0.29) is 11.6 Å². The molecule has 39 heavy (non-hydrogen) atoms. The zero-order valence-corrected chi connectivity index (χ0v) is 23.0. The van der Waals surface area contributed by atoms with Crippen LogP contribution in [-0.4, -0.2) is 60.3 Å². The van der Waals surface area contributed by atoms with Crippen molar-refractivity contribution in [1.82, 2.24) is 19.9 Å². The van der Waals surface area contributed by atoms with Crippen LogP contribution in [0.25, 0.3) is 5.52 Å². The van der Waals surface area contributed by atoms with Crippen LogP contribution in [0, 0.1) is 16.7 Å². The quantitative estimate of drug-likeness (QED) is 0.568. The molecule has 1 saturated carbocycles. The fourth-order valence-electron chi connectivity index (χ4n) is 6.26. The number of likely N-dealkylation sites (tertiary alicyclic amines) is 1. The lowest BCUT2D eigenvalue weighted by Gasteiger charge is -2.41. The third-order valence-electron chi connectivity index (χ3n) is 8.52. The summed E-state index contributed by atoms with van der Waals surface area (Å²) in [6.45, 7) is 1.95. The lowest BCUT2D eigenvalue weighted by atomic mass is 9.73. The van der Waals surface area contributed by atoms with E-state index in [4.69, 9.17) is 0 Å². The molecular weight excluding hydrogens is 514 g/mol. The molecule has 1 unspecified atom stereocenters. The van der Waals surface area contributed by atoms with Crippen LogP contribution in [0.4, 0.5) is 0 Å². The molecule has 1 aliphatic carbocycles. The van der Waals surface area contributed by atoms with Crippen LogP contribution in [0.15, 0.2) is 59.7 Å². The number of nitriles is 1. The fourth-order valence-corrected chi connectivity index (χ4v) is 7.66. The Balaban J connectivity index is 1.38. The van der Waals surface area contributed by atoms with Crippen molar-refractivity contribution in [2.24, 2.45) is 5.41 Å². The molecule has 1 amide bonds. The first-order valence-electron chi connectivity index (χ1n) is 13.6. The van der Waals surface area contributed by atoms with Gasteiger partial charge in [0.1, 0.15) is 5.56 Å². The highest BCUT2D eigenvalue weighted by Gasteiger charge is 2.41. The van der Waals surface area contributed by atoms with Crippen LogP contribution >= 0.6 is 0 Å². The van der Waals surface area contributed by atoms with Gasteiger partial charge < -0.3 is 10.6 Å². The van der Waals surface area contributed by atoms with Gasteiger partial charge in [-0.1, -0.05) is 31.1 Å². The average Bonchev–Trinajstić information content (AvgIpc) is 2.95. The minimum Gasteiger partial charge on any atom is -0.383 e. The van der Waals surface area contributed by atoms with Gasteiger partial charge in [0.05, 0.1) is 28.3 Å². The number of amides is 1. The summed E-state index contributed by atoms with van der Waals surface area (Å²) >= 11 is 0. The number of aromatic nitrogens is 1. The van der Waals surface area contributed by atoms with Crippen molar-refractivity contribution < 1.29 is 13.2 Å². The first-order chi connectivity index (χ1) is 18.7. The van der Waals surface area contributed by atoms with E-state index in [9.17, 15) is 23.3 Å². The summed E-state index contributed by atoms with van der Waals surface area (Å²) < 4.78 is 26.2. The first kappa shape index (κ1) is 27.2. The molecule has 206 valence electrons. The maximum Gasteiger partial charge on any atom is 0.267 e. The highest BCUT2D eigenvalue weighted by atomic mass is 32.2. The monoisotopic (exact) mass is 549 g/mol. The molecule has 10 heteroatoms. The van der Waals surface area contributed by atoms with E-state index in [2.05, 4.69) is 21.6 Å². The van der Waals surface area contributed by atoms with Crippen molar-refractivity contribution in [3.63, 3.8) is 0 Å². The van der Waals surface area contributed by atoms with E-state index in [0.717, 1.165) is 23.9 Å². The number of allylic oxidation sites excluding steroid dienone is 2. The standard InChI is InChI=1S/C29H35N5O4S/c1-39(37,38)25-10-3-2-8-23(25)32-27(35)22-18-21(24-9-5-7-15-34(24)28(22)36)19-33-16-12-29(20-30,13-17-33)26-11-4-6-14-31-26/h4-7,9,11,14-15,18,23,25-26,31H,2-3,8,10,12-13,16-17,19H2,1H3,(H,32,35)/t23-,25-,26?/m0/s1. The van der Waals surface area contributed by atoms with Crippen molar-refractivity contribution >= 4 is 21.3 Å². The largest absolute Gasteiger partial charge is 0.383 e. The summed E-state index contributed by atoms with van der Waals surface area (Å²) in [6, 6.07) is 9.17. The van der Waals surface area contributed by atoms with Gasteiger partial charge in [-0.3, -0.25) is 18.9 Å². The number of rotatable bonds is 6. The maximum absolute atomic E-state index is 13.4. The van der Waals surface area contributed by atoms with E-state index in [0.29, 0.717) is 45.3 Å². The molecule has 2 N–H and O–H groups in total. The van der Waals surface area contributed by atoms with Gasteiger partial charge in [-0.25, -0.2) is 8.42 Å². The Bertz CT molecular complexity index is 1510. The second kappa shape index (κ2) is 11.0. The smallest absolute Gasteiger partial charge is 0.267 e. The second-order valence-corrected chi connectivity index (χ2v) is 13.3. The zero-order chi connectivity index (χ0) is 27.6. The molecule has 2 aliphatic heterocycles. The molecule has 9 nitrogen and oxygen atoms in total. The van der Waals surface area contributed by atoms with Gasteiger partial charge in [-0.2, -0.15) is 5.26 Å². The van der Waals surface area contributed by atoms with Crippen LogP contribution in [0.1, 0.15) is 54.4 Å². The van der Waals surface area contributed by atoms with Gasteiger partial charge in [0, 0.05) is 38.1 Å². The number of pyridine rings is 2. The normalized spacial score (nSPS) is 25.1. The Morgan fingerprint density at radius 3 is 2.67 bits per heavy atom. The van der Waals surface area contributed by atoms with Crippen molar-refractivity contribution in [1.29, 1.82) is 5.26 Å². The number of sulfone groups is 1. The van der Waals surface area contributed by atoms with Crippen molar-refractivity contribution in [3.05, 3.63) is 76.4 Å². The molecule has 2 aromatic heterocycles. The summed E-state index contributed by atoms with van der Waals surface area (Å²) in [6.07, 6.45) is 14.8. The molecule has 0 aromatic carbocycles. The summed E-state index contributed by atoms with van der Waals surface area (Å²) in [5, 5.41) is 15.6. The van der Waals surface area contributed by atoms with E-state index in [1.165, 1.54) is 10.7 Å². The van der Waals surface area contributed by atoms with E-state index >= 15 is 0 Å². The molecule has 2 aromatic rings. The maximum atomic E-state index is 13.4. The van der Waals surface area contributed by atoms with Gasteiger partial charge in [0.25, 0.3) is 11.5 Å². The average molecular weight is 550 g/mol. The molecule has 2 fully saturated rings. The van der Waals surface area contributed by atoms with Gasteiger partial charge in [-0.05, 0) is 61.7 Å². The molecule has 1 saturated heterocycles. The first-order valence-corrected chi connectivity index (χ1v) is 15.5. The van der Waals surface area contributed by atoms with Gasteiger partial charge >= 0.3 is 0 Å². The molecule has 3 aliphatic rings. The molecule has 0 radical (unpaired) electrons. The van der Waals surface area contributed by atoms with Crippen molar-refractivity contribution in [2.75, 3.05) is 19.3 Å².